The summed E-state index contributed by atoms with van der Waals surface area (Å²) in [6, 6.07) is 8.67. The molecule has 0 spiro atoms. The Hall–Kier alpha value is -1.48. The summed E-state index contributed by atoms with van der Waals surface area (Å²) < 4.78 is 1.76. The minimum atomic E-state index is 0.667. The fraction of sp³-hybridized carbons (Fsp3) is 0.438. The molecule has 0 fully saturated rings. The molecular weight excluding hydrogens is 270 g/mol. The molecule has 1 aliphatic heterocycles. The van der Waals surface area contributed by atoms with Crippen LogP contribution in [0.5, 0.6) is 0 Å². The number of fused-ring (bicyclic) bond motifs is 1. The highest BCUT2D eigenvalue weighted by molar-refractivity contribution is 6.30. The van der Waals surface area contributed by atoms with Crippen LogP contribution in [-0.4, -0.2) is 16.3 Å². The van der Waals surface area contributed by atoms with Crippen LogP contribution in [0.25, 0.3) is 0 Å². The number of halogens is 1. The Bertz CT molecular complexity index is 633. The quantitative estimate of drug-likeness (QED) is 0.842. The van der Waals surface area contributed by atoms with Gasteiger partial charge in [0.1, 0.15) is 5.15 Å². The first kappa shape index (κ1) is 13.5. The molecule has 20 heavy (non-hydrogen) atoms. The average molecular weight is 290 g/mol. The summed E-state index contributed by atoms with van der Waals surface area (Å²) in [5.41, 5.74) is 4.93. The van der Waals surface area contributed by atoms with Crippen LogP contribution in [0.2, 0.25) is 5.15 Å². The molecule has 0 saturated heterocycles. The topological polar surface area (TPSA) is 21.1 Å². The zero-order valence-electron chi connectivity index (χ0n) is 12.2. The Labute approximate surface area is 125 Å². The molecule has 0 radical (unpaired) electrons. The predicted molar refractivity (Wildman–Crippen MR) is 83.3 cm³/mol. The molecular formula is C16H20ClN3. The summed E-state index contributed by atoms with van der Waals surface area (Å²) in [6.07, 6.45) is 1.16. The van der Waals surface area contributed by atoms with E-state index in [-0.39, 0.29) is 0 Å². The Kier molecular flexibility index (Phi) is 3.47. The molecule has 0 amide bonds. The second-order valence-electron chi connectivity index (χ2n) is 5.80. The van der Waals surface area contributed by atoms with Crippen molar-refractivity contribution in [2.75, 3.05) is 11.4 Å². The number of nitrogens with zero attached hydrogens (tertiary/aromatic N) is 3. The number of rotatable bonds is 2. The smallest absolute Gasteiger partial charge is 0.131 e. The summed E-state index contributed by atoms with van der Waals surface area (Å²) in [4.78, 5) is 2.43. The van der Waals surface area contributed by atoms with E-state index < -0.39 is 0 Å². The van der Waals surface area contributed by atoms with E-state index in [1.807, 2.05) is 14.0 Å². The first-order valence-corrected chi connectivity index (χ1v) is 7.45. The number of benzene rings is 1. The highest BCUT2D eigenvalue weighted by Gasteiger charge is 2.23. The first-order chi connectivity index (χ1) is 9.56. The van der Waals surface area contributed by atoms with Gasteiger partial charge in [-0.05, 0) is 30.9 Å². The third kappa shape index (κ3) is 2.31. The Morgan fingerprint density at radius 2 is 2.10 bits per heavy atom. The van der Waals surface area contributed by atoms with Crippen LogP contribution in [0, 0.1) is 12.8 Å². The van der Waals surface area contributed by atoms with Gasteiger partial charge in [-0.15, -0.1) is 0 Å². The third-order valence-electron chi connectivity index (χ3n) is 4.05. The zero-order valence-corrected chi connectivity index (χ0v) is 13.0. The van der Waals surface area contributed by atoms with Crippen molar-refractivity contribution in [1.82, 2.24) is 9.78 Å². The lowest BCUT2D eigenvalue weighted by Crippen LogP contribution is -2.33. The van der Waals surface area contributed by atoms with Gasteiger partial charge >= 0.3 is 0 Å². The van der Waals surface area contributed by atoms with Crippen LogP contribution in [0.1, 0.15) is 23.7 Å². The van der Waals surface area contributed by atoms with Crippen LogP contribution >= 0.6 is 11.6 Å². The molecule has 4 heteroatoms. The average Bonchev–Trinajstić information content (AvgIpc) is 2.65. The molecule has 2 heterocycles. The van der Waals surface area contributed by atoms with E-state index >= 15 is 0 Å². The third-order valence-corrected chi connectivity index (χ3v) is 4.52. The van der Waals surface area contributed by atoms with Crippen molar-refractivity contribution in [2.45, 2.75) is 26.8 Å². The Morgan fingerprint density at radius 1 is 1.35 bits per heavy atom. The molecule has 0 bridgehead atoms. The molecule has 3 rings (SSSR count). The van der Waals surface area contributed by atoms with E-state index in [1.165, 1.54) is 11.3 Å². The molecule has 1 atom stereocenters. The molecule has 0 N–H and O–H groups in total. The highest BCUT2D eigenvalue weighted by atomic mass is 35.5. The maximum Gasteiger partial charge on any atom is 0.131 e. The van der Waals surface area contributed by atoms with Crippen molar-refractivity contribution in [3.8, 4) is 0 Å². The number of aromatic nitrogens is 2. The Morgan fingerprint density at radius 3 is 2.80 bits per heavy atom. The van der Waals surface area contributed by atoms with Gasteiger partial charge in [-0.1, -0.05) is 36.7 Å². The van der Waals surface area contributed by atoms with Crippen molar-refractivity contribution in [3.05, 3.63) is 46.2 Å². The van der Waals surface area contributed by atoms with E-state index in [1.54, 1.807) is 4.68 Å². The SMILES string of the molecule is Cc1nn(C)c(Cl)c1CN1CC(C)Cc2ccccc21. The van der Waals surface area contributed by atoms with Gasteiger partial charge in [-0.3, -0.25) is 4.68 Å². The van der Waals surface area contributed by atoms with Gasteiger partial charge in [-0.25, -0.2) is 0 Å². The molecule has 3 nitrogen and oxygen atoms in total. The monoisotopic (exact) mass is 289 g/mol. The standard InChI is InChI=1S/C16H20ClN3/c1-11-8-13-6-4-5-7-15(13)20(9-11)10-14-12(2)18-19(3)16(14)17/h4-7,11H,8-10H2,1-3H3. The number of para-hydroxylation sites is 1. The summed E-state index contributed by atoms with van der Waals surface area (Å²) >= 11 is 6.37. The molecule has 1 unspecified atom stereocenters. The first-order valence-electron chi connectivity index (χ1n) is 7.07. The number of hydrogen-bond acceptors (Lipinski definition) is 2. The second kappa shape index (κ2) is 5.13. The van der Waals surface area contributed by atoms with Crippen LogP contribution in [-0.2, 0) is 20.0 Å². The number of hydrogen-bond donors (Lipinski definition) is 0. The molecule has 2 aromatic rings. The van der Waals surface area contributed by atoms with Gasteiger partial charge in [0.15, 0.2) is 0 Å². The molecule has 1 aliphatic rings. The van der Waals surface area contributed by atoms with Crippen molar-refractivity contribution in [1.29, 1.82) is 0 Å². The maximum atomic E-state index is 6.37. The molecule has 1 aromatic heterocycles. The minimum absolute atomic E-state index is 0.667. The summed E-state index contributed by atoms with van der Waals surface area (Å²) in [5.74, 6) is 0.667. The Balaban J connectivity index is 1.95. The van der Waals surface area contributed by atoms with E-state index in [4.69, 9.17) is 11.6 Å². The van der Waals surface area contributed by atoms with Crippen LogP contribution < -0.4 is 4.90 Å². The molecule has 1 aromatic carbocycles. The van der Waals surface area contributed by atoms with Gasteiger partial charge in [0.05, 0.1) is 5.69 Å². The lowest BCUT2D eigenvalue weighted by atomic mass is 9.93. The number of anilines is 1. The normalized spacial score (nSPS) is 18.2. The summed E-state index contributed by atoms with van der Waals surface area (Å²) in [7, 11) is 1.89. The van der Waals surface area contributed by atoms with Crippen molar-refractivity contribution < 1.29 is 0 Å². The van der Waals surface area contributed by atoms with Crippen LogP contribution in [0.3, 0.4) is 0 Å². The fourth-order valence-corrected chi connectivity index (χ4v) is 3.33. The van der Waals surface area contributed by atoms with Gasteiger partial charge < -0.3 is 4.90 Å². The van der Waals surface area contributed by atoms with Gasteiger partial charge in [0.25, 0.3) is 0 Å². The van der Waals surface area contributed by atoms with Crippen molar-refractivity contribution >= 4 is 17.3 Å². The van der Waals surface area contributed by atoms with Crippen LogP contribution in [0.4, 0.5) is 5.69 Å². The maximum absolute atomic E-state index is 6.37. The highest BCUT2D eigenvalue weighted by Crippen LogP contribution is 2.32. The van der Waals surface area contributed by atoms with E-state index in [9.17, 15) is 0 Å². The van der Waals surface area contributed by atoms with Gasteiger partial charge in [0, 0.05) is 31.4 Å². The van der Waals surface area contributed by atoms with Crippen molar-refractivity contribution in [2.24, 2.45) is 13.0 Å². The molecule has 106 valence electrons. The van der Waals surface area contributed by atoms with Crippen molar-refractivity contribution in [3.63, 3.8) is 0 Å². The second-order valence-corrected chi connectivity index (χ2v) is 6.15. The van der Waals surface area contributed by atoms with Gasteiger partial charge in [0.2, 0.25) is 0 Å². The largest absolute Gasteiger partial charge is 0.367 e. The van der Waals surface area contributed by atoms with Gasteiger partial charge in [-0.2, -0.15) is 5.10 Å². The van der Waals surface area contributed by atoms with E-state index in [0.29, 0.717) is 5.92 Å². The predicted octanol–water partition coefficient (Wildman–Crippen LogP) is 3.58. The molecule has 0 saturated carbocycles. The lowest BCUT2D eigenvalue weighted by molar-refractivity contribution is 0.530. The summed E-state index contributed by atoms with van der Waals surface area (Å²) in [5, 5.41) is 5.16. The lowest BCUT2D eigenvalue weighted by Gasteiger charge is -2.34. The minimum Gasteiger partial charge on any atom is -0.367 e. The molecule has 0 aliphatic carbocycles. The number of aryl methyl sites for hydroxylation is 2. The zero-order chi connectivity index (χ0) is 14.3. The van der Waals surface area contributed by atoms with E-state index in [2.05, 4.69) is 41.2 Å². The fourth-order valence-electron chi connectivity index (χ4n) is 3.10. The van der Waals surface area contributed by atoms with Crippen LogP contribution in [0.15, 0.2) is 24.3 Å². The summed E-state index contributed by atoms with van der Waals surface area (Å²) in [6.45, 7) is 6.24. The van der Waals surface area contributed by atoms with E-state index in [0.717, 1.165) is 35.9 Å².